The fraction of sp³-hybridized carbons (Fsp3) is 0.500. The van der Waals surface area contributed by atoms with Crippen LogP contribution in [0, 0.1) is 5.41 Å². The molecule has 0 spiro atoms. The lowest BCUT2D eigenvalue weighted by Gasteiger charge is -2.20. The maximum atomic E-state index is 12.4. The summed E-state index contributed by atoms with van der Waals surface area (Å²) in [5.74, 6) is 0.909. The van der Waals surface area contributed by atoms with Crippen LogP contribution in [0.3, 0.4) is 0 Å². The zero-order chi connectivity index (χ0) is 15.5. The van der Waals surface area contributed by atoms with E-state index in [4.69, 9.17) is 15.9 Å². The van der Waals surface area contributed by atoms with Gasteiger partial charge in [-0.15, -0.1) is 0 Å². The molecule has 2 fully saturated rings. The van der Waals surface area contributed by atoms with E-state index in [-0.39, 0.29) is 23.9 Å². The van der Waals surface area contributed by atoms with Gasteiger partial charge >= 0.3 is 0 Å². The Morgan fingerprint density at radius 1 is 1.36 bits per heavy atom. The number of amides is 1. The number of benzene rings is 1. The maximum absolute atomic E-state index is 12.4. The summed E-state index contributed by atoms with van der Waals surface area (Å²) < 4.78 is 5.92. The van der Waals surface area contributed by atoms with Gasteiger partial charge in [-0.3, -0.25) is 10.2 Å². The number of likely N-dealkylation sites (tertiary alicyclic amines) is 1. The minimum absolute atomic E-state index is 0.0251. The van der Waals surface area contributed by atoms with Crippen molar-refractivity contribution < 1.29 is 9.53 Å². The summed E-state index contributed by atoms with van der Waals surface area (Å²) in [6.07, 6.45) is 2.87. The van der Waals surface area contributed by atoms with Crippen molar-refractivity contribution in [2.45, 2.75) is 31.4 Å². The van der Waals surface area contributed by atoms with Gasteiger partial charge < -0.3 is 20.7 Å². The Hall–Kier alpha value is -2.08. The summed E-state index contributed by atoms with van der Waals surface area (Å²) in [6.45, 7) is 2.42. The van der Waals surface area contributed by atoms with E-state index in [2.05, 4.69) is 5.32 Å². The van der Waals surface area contributed by atoms with Gasteiger partial charge in [0.2, 0.25) is 5.91 Å². The van der Waals surface area contributed by atoms with Gasteiger partial charge in [0, 0.05) is 31.6 Å². The van der Waals surface area contributed by atoms with Crippen molar-refractivity contribution in [2.24, 2.45) is 5.73 Å². The molecule has 1 aromatic carbocycles. The SMILES string of the molecule is N=C(N)c1cccc(OC2CNC(C(=O)N3CCCC3)C2)c1. The van der Waals surface area contributed by atoms with Crippen LogP contribution in [0.2, 0.25) is 0 Å². The predicted molar refractivity (Wildman–Crippen MR) is 84.1 cm³/mol. The number of carbonyl (C=O) groups excluding carboxylic acids is 1. The Bertz CT molecular complexity index is 569. The third kappa shape index (κ3) is 3.22. The van der Waals surface area contributed by atoms with E-state index in [1.807, 2.05) is 17.0 Å². The Kier molecular flexibility index (Phi) is 4.29. The van der Waals surface area contributed by atoms with Crippen molar-refractivity contribution in [3.8, 4) is 5.75 Å². The van der Waals surface area contributed by atoms with Gasteiger partial charge in [-0.05, 0) is 25.0 Å². The molecule has 2 saturated heterocycles. The molecule has 0 radical (unpaired) electrons. The standard InChI is InChI=1S/C16H22N4O2/c17-15(18)11-4-3-5-12(8-11)22-13-9-14(19-10-13)16(21)20-6-1-2-7-20/h3-5,8,13-14,19H,1-2,6-7,9-10H2,(H3,17,18). The fourth-order valence-corrected chi connectivity index (χ4v) is 3.07. The average Bonchev–Trinajstić information content (AvgIpc) is 3.18. The lowest BCUT2D eigenvalue weighted by molar-refractivity contribution is -0.132. The molecule has 1 amide bonds. The van der Waals surface area contributed by atoms with Gasteiger partial charge in [0.1, 0.15) is 17.7 Å². The molecule has 6 heteroatoms. The molecule has 0 bridgehead atoms. The minimum Gasteiger partial charge on any atom is -0.489 e. The van der Waals surface area contributed by atoms with Crippen LogP contribution < -0.4 is 15.8 Å². The molecule has 0 aromatic heterocycles. The lowest BCUT2D eigenvalue weighted by Crippen LogP contribution is -2.42. The molecule has 1 aromatic rings. The predicted octanol–water partition coefficient (Wildman–Crippen LogP) is 0.702. The highest BCUT2D eigenvalue weighted by Gasteiger charge is 2.34. The highest BCUT2D eigenvalue weighted by atomic mass is 16.5. The van der Waals surface area contributed by atoms with E-state index < -0.39 is 0 Å². The molecule has 3 rings (SSSR count). The number of amidine groups is 1. The first-order chi connectivity index (χ1) is 10.6. The molecule has 2 atom stereocenters. The number of nitrogens with one attached hydrogen (secondary N) is 2. The van der Waals surface area contributed by atoms with Crippen molar-refractivity contribution in [3.05, 3.63) is 29.8 Å². The summed E-state index contributed by atoms with van der Waals surface area (Å²) in [5.41, 5.74) is 6.13. The van der Waals surface area contributed by atoms with Gasteiger partial charge in [0.15, 0.2) is 0 Å². The second-order valence-corrected chi connectivity index (χ2v) is 5.91. The van der Waals surface area contributed by atoms with Crippen LogP contribution in [-0.2, 0) is 4.79 Å². The first kappa shape index (κ1) is 14.8. The molecule has 2 aliphatic heterocycles. The summed E-state index contributed by atoms with van der Waals surface area (Å²) in [4.78, 5) is 14.3. The molecule has 0 aliphatic carbocycles. The van der Waals surface area contributed by atoms with E-state index in [1.54, 1.807) is 12.1 Å². The normalized spacial score (nSPS) is 24.5. The molecule has 22 heavy (non-hydrogen) atoms. The number of hydrogen-bond donors (Lipinski definition) is 3. The summed E-state index contributed by atoms with van der Waals surface area (Å²) >= 11 is 0. The first-order valence-electron chi connectivity index (χ1n) is 7.77. The zero-order valence-corrected chi connectivity index (χ0v) is 12.5. The van der Waals surface area contributed by atoms with Crippen LogP contribution in [0.1, 0.15) is 24.8 Å². The molecule has 2 unspecified atom stereocenters. The largest absolute Gasteiger partial charge is 0.489 e. The molecule has 0 saturated carbocycles. The van der Waals surface area contributed by atoms with Gasteiger partial charge in [-0.25, -0.2) is 0 Å². The average molecular weight is 302 g/mol. The van der Waals surface area contributed by atoms with E-state index in [1.165, 1.54) is 0 Å². The maximum Gasteiger partial charge on any atom is 0.239 e. The van der Waals surface area contributed by atoms with Gasteiger partial charge in [0.05, 0.1) is 6.04 Å². The second kappa shape index (κ2) is 6.36. The van der Waals surface area contributed by atoms with Crippen LogP contribution in [-0.4, -0.2) is 48.4 Å². The first-order valence-corrected chi connectivity index (χ1v) is 7.77. The van der Waals surface area contributed by atoms with Crippen molar-refractivity contribution in [1.82, 2.24) is 10.2 Å². The summed E-state index contributed by atoms with van der Waals surface area (Å²) in [7, 11) is 0. The Morgan fingerprint density at radius 2 is 2.14 bits per heavy atom. The molecule has 2 heterocycles. The minimum atomic E-state index is -0.140. The molecule has 6 nitrogen and oxygen atoms in total. The summed E-state index contributed by atoms with van der Waals surface area (Å²) in [6, 6.07) is 7.07. The van der Waals surface area contributed by atoms with E-state index in [0.717, 1.165) is 25.9 Å². The number of ether oxygens (including phenoxy) is 1. The van der Waals surface area contributed by atoms with E-state index in [9.17, 15) is 4.79 Å². The quantitative estimate of drug-likeness (QED) is 0.564. The second-order valence-electron chi connectivity index (χ2n) is 5.91. The van der Waals surface area contributed by atoms with Crippen LogP contribution in [0.25, 0.3) is 0 Å². The number of hydrogen-bond acceptors (Lipinski definition) is 4. The molecule has 4 N–H and O–H groups in total. The number of nitrogen functional groups attached to an aromatic ring is 1. The van der Waals surface area contributed by atoms with E-state index >= 15 is 0 Å². The third-order valence-electron chi connectivity index (χ3n) is 4.25. The van der Waals surface area contributed by atoms with Crippen LogP contribution in [0.15, 0.2) is 24.3 Å². The monoisotopic (exact) mass is 302 g/mol. The van der Waals surface area contributed by atoms with Crippen molar-refractivity contribution >= 4 is 11.7 Å². The Morgan fingerprint density at radius 3 is 2.86 bits per heavy atom. The topological polar surface area (TPSA) is 91.4 Å². The van der Waals surface area contributed by atoms with Crippen LogP contribution >= 0.6 is 0 Å². The lowest BCUT2D eigenvalue weighted by atomic mass is 10.1. The van der Waals surface area contributed by atoms with Crippen LogP contribution in [0.4, 0.5) is 0 Å². The molecular formula is C16H22N4O2. The Labute approximate surface area is 130 Å². The molecule has 2 aliphatic rings. The van der Waals surface area contributed by atoms with Gasteiger partial charge in [0.25, 0.3) is 0 Å². The number of nitrogens with two attached hydrogens (primary N) is 1. The van der Waals surface area contributed by atoms with Gasteiger partial charge in [-0.2, -0.15) is 0 Å². The van der Waals surface area contributed by atoms with E-state index in [0.29, 0.717) is 24.3 Å². The molecule has 118 valence electrons. The Balaban J connectivity index is 1.57. The van der Waals surface area contributed by atoms with Crippen molar-refractivity contribution in [2.75, 3.05) is 19.6 Å². The molecular weight excluding hydrogens is 280 g/mol. The van der Waals surface area contributed by atoms with Crippen molar-refractivity contribution in [1.29, 1.82) is 5.41 Å². The number of carbonyl (C=O) groups is 1. The smallest absolute Gasteiger partial charge is 0.239 e. The van der Waals surface area contributed by atoms with Crippen LogP contribution in [0.5, 0.6) is 5.75 Å². The van der Waals surface area contributed by atoms with Gasteiger partial charge in [-0.1, -0.05) is 12.1 Å². The van der Waals surface area contributed by atoms with Crippen molar-refractivity contribution in [3.63, 3.8) is 0 Å². The third-order valence-corrected chi connectivity index (χ3v) is 4.25. The zero-order valence-electron chi connectivity index (χ0n) is 12.5. The highest BCUT2D eigenvalue weighted by Crippen LogP contribution is 2.20. The fourth-order valence-electron chi connectivity index (χ4n) is 3.07. The number of nitrogens with zero attached hydrogens (tertiary/aromatic N) is 1. The highest BCUT2D eigenvalue weighted by molar-refractivity contribution is 5.95. The summed E-state index contributed by atoms with van der Waals surface area (Å²) in [5, 5.41) is 10.7. The number of rotatable bonds is 4.